The minimum Gasteiger partial charge on any atom is -0.258 e. The summed E-state index contributed by atoms with van der Waals surface area (Å²) in [6, 6.07) is 10.1. The highest BCUT2D eigenvalue weighted by atomic mass is 32.3. The van der Waals surface area contributed by atoms with Crippen LogP contribution >= 0.6 is 0 Å². The third-order valence-corrected chi connectivity index (χ3v) is 9.68. The van der Waals surface area contributed by atoms with Crippen LogP contribution in [0.2, 0.25) is 0 Å². The van der Waals surface area contributed by atoms with E-state index in [-0.39, 0.29) is 16.0 Å². The molecule has 0 amide bonds. The van der Waals surface area contributed by atoms with E-state index in [1.165, 1.54) is 24.3 Å². The maximum absolute atomic E-state index is 13.8. The molecular formula is C24H35FN4O4S2. The van der Waals surface area contributed by atoms with Gasteiger partial charge in [-0.1, -0.05) is 34.1 Å². The zero-order valence-corrected chi connectivity index (χ0v) is 22.7. The normalized spacial score (nSPS) is 14.3. The van der Waals surface area contributed by atoms with Crippen LogP contribution in [0.3, 0.4) is 0 Å². The Kier molecular flexibility index (Phi) is 9.18. The number of nitro benzene ring substituents is 1. The summed E-state index contributed by atoms with van der Waals surface area (Å²) in [5, 5.41) is 11.0. The van der Waals surface area contributed by atoms with E-state index in [0.717, 1.165) is 37.1 Å². The highest BCUT2D eigenvalue weighted by Gasteiger charge is 2.29. The van der Waals surface area contributed by atoms with E-state index >= 15 is 0 Å². The molecule has 2 rings (SSSR count). The molecule has 2 aromatic rings. The second-order valence-electron chi connectivity index (χ2n) is 10.2. The first-order valence-corrected chi connectivity index (χ1v) is 14.4. The number of benzene rings is 2. The Morgan fingerprint density at radius 3 is 2.00 bits per heavy atom. The van der Waals surface area contributed by atoms with Gasteiger partial charge in [-0.05, 0) is 68.5 Å². The van der Waals surface area contributed by atoms with Gasteiger partial charge in [-0.2, -0.15) is 8.42 Å². The quantitative estimate of drug-likeness (QED) is 0.215. The molecule has 0 saturated heterocycles. The summed E-state index contributed by atoms with van der Waals surface area (Å²) in [6.45, 7) is 12.6. The van der Waals surface area contributed by atoms with E-state index in [2.05, 4.69) is 29.3 Å². The lowest BCUT2D eigenvalue weighted by atomic mass is 9.82. The minimum atomic E-state index is -4.28. The first-order valence-electron chi connectivity index (χ1n) is 11.4. The lowest BCUT2D eigenvalue weighted by Gasteiger charge is -2.31. The molecule has 8 nitrogen and oxygen atoms in total. The zero-order chi connectivity index (χ0) is 26.5. The van der Waals surface area contributed by atoms with Gasteiger partial charge in [0.15, 0.2) is 0 Å². The van der Waals surface area contributed by atoms with Crippen molar-refractivity contribution in [3.8, 4) is 0 Å². The van der Waals surface area contributed by atoms with Gasteiger partial charge in [-0.25, -0.2) is 13.5 Å². The molecule has 0 aliphatic carbocycles. The van der Waals surface area contributed by atoms with E-state index < -0.39 is 36.1 Å². The highest BCUT2D eigenvalue weighted by molar-refractivity contribution is 8.03. The Labute approximate surface area is 208 Å². The topological polar surface area (TPSA) is 114 Å². The third kappa shape index (κ3) is 8.36. The van der Waals surface area contributed by atoms with Crippen LogP contribution < -0.4 is 4.72 Å². The fourth-order valence-electron chi connectivity index (χ4n) is 3.88. The van der Waals surface area contributed by atoms with Crippen LogP contribution in [0.4, 0.5) is 10.1 Å². The molecule has 0 radical (unpaired) electrons. The Morgan fingerprint density at radius 1 is 0.971 bits per heavy atom. The molecule has 0 spiro atoms. The van der Waals surface area contributed by atoms with Crippen LogP contribution in [-0.4, -0.2) is 25.4 Å². The van der Waals surface area contributed by atoms with Crippen molar-refractivity contribution >= 4 is 25.5 Å². The molecule has 0 saturated carbocycles. The van der Waals surface area contributed by atoms with Crippen molar-refractivity contribution in [2.75, 3.05) is 6.54 Å². The second-order valence-corrected chi connectivity index (χ2v) is 14.3. The van der Waals surface area contributed by atoms with Crippen molar-refractivity contribution in [1.82, 2.24) is 4.72 Å². The van der Waals surface area contributed by atoms with E-state index in [4.69, 9.17) is 4.36 Å². The zero-order valence-electron chi connectivity index (χ0n) is 21.1. The van der Waals surface area contributed by atoms with Gasteiger partial charge < -0.3 is 0 Å². The average molecular weight is 527 g/mol. The monoisotopic (exact) mass is 526 g/mol. The molecule has 0 heterocycles. The van der Waals surface area contributed by atoms with E-state index in [1.54, 1.807) is 0 Å². The number of sulfonamides is 1. The number of hydrogen-bond donors (Lipinski definition) is 1. The first-order chi connectivity index (χ1) is 16.1. The minimum absolute atomic E-state index is 0.0956. The van der Waals surface area contributed by atoms with Gasteiger partial charge in [0, 0.05) is 33.4 Å². The standard InChI is InChI=1S/C24H35FN4O4S2/c1-7-8-17-26-34(21-13-9-19(25)10-14-21,27-24(5,6)18-23(2,3)4)28-35(32,33)22-15-11-20(12-16-22)29(30)31/h9-16H,7-8,17-18H2,1-6H3,(H,26,27,28). The molecule has 1 atom stereocenters. The number of unbranched alkanes of at least 4 members (excludes halogenated alkanes) is 1. The van der Waals surface area contributed by atoms with Gasteiger partial charge in [0.05, 0.1) is 15.4 Å². The average Bonchev–Trinajstić information content (AvgIpc) is 2.72. The number of nitrogens with one attached hydrogen (secondary N) is 1. The summed E-state index contributed by atoms with van der Waals surface area (Å²) < 4.78 is 53.5. The summed E-state index contributed by atoms with van der Waals surface area (Å²) in [5.41, 5.74) is -0.990. The second kappa shape index (κ2) is 11.1. The van der Waals surface area contributed by atoms with Crippen LogP contribution in [0, 0.1) is 21.3 Å². The number of nitrogens with zero attached hydrogens (tertiary/aromatic N) is 3. The van der Waals surface area contributed by atoms with Gasteiger partial charge in [0.1, 0.15) is 5.82 Å². The molecule has 0 fully saturated rings. The molecule has 0 bridgehead atoms. The Morgan fingerprint density at radius 2 is 1.51 bits per heavy atom. The number of halogens is 1. The fraction of sp³-hybridized carbons (Fsp3) is 0.500. The van der Waals surface area contributed by atoms with Crippen LogP contribution in [0.1, 0.15) is 60.8 Å². The van der Waals surface area contributed by atoms with Gasteiger partial charge in [0.2, 0.25) is 0 Å². The van der Waals surface area contributed by atoms with Crippen molar-refractivity contribution in [2.24, 2.45) is 13.5 Å². The van der Waals surface area contributed by atoms with Crippen LogP contribution in [0.15, 0.2) is 66.5 Å². The Hall–Kier alpha value is -2.37. The number of hydrogen-bond acceptors (Lipinski definition) is 5. The molecule has 0 aliphatic rings. The van der Waals surface area contributed by atoms with Crippen molar-refractivity contribution in [3.05, 3.63) is 64.5 Å². The van der Waals surface area contributed by atoms with Crippen molar-refractivity contribution in [1.29, 1.82) is 0 Å². The summed E-state index contributed by atoms with van der Waals surface area (Å²) in [7, 11) is -7.20. The lowest BCUT2D eigenvalue weighted by Crippen LogP contribution is -2.32. The summed E-state index contributed by atoms with van der Waals surface area (Å²) >= 11 is 0. The maximum atomic E-state index is 13.8. The molecule has 1 N–H and O–H groups in total. The molecule has 194 valence electrons. The van der Waals surface area contributed by atoms with Gasteiger partial charge >= 0.3 is 0 Å². The SMILES string of the molecule is CCCCNS(=NC(C)(C)CC(C)(C)C)(=NS(=O)(=O)c1ccc([N+](=O)[O-])cc1)c1ccc(F)cc1. The lowest BCUT2D eigenvalue weighted by molar-refractivity contribution is -0.384. The Bertz CT molecular complexity index is 1260. The van der Waals surface area contributed by atoms with E-state index in [0.29, 0.717) is 17.9 Å². The van der Waals surface area contributed by atoms with Crippen molar-refractivity contribution in [3.63, 3.8) is 0 Å². The van der Waals surface area contributed by atoms with Gasteiger partial charge in [-0.3, -0.25) is 10.1 Å². The smallest absolute Gasteiger partial charge is 0.258 e. The summed E-state index contributed by atoms with van der Waals surface area (Å²) in [6.07, 6.45) is 2.28. The van der Waals surface area contributed by atoms with Crippen LogP contribution in [0.5, 0.6) is 0 Å². The summed E-state index contributed by atoms with van der Waals surface area (Å²) in [4.78, 5) is 10.7. The van der Waals surface area contributed by atoms with Crippen molar-refractivity contribution in [2.45, 2.75) is 76.1 Å². The number of rotatable bonds is 10. The van der Waals surface area contributed by atoms with Crippen LogP contribution in [-0.2, 0) is 19.8 Å². The molecular weight excluding hydrogens is 491 g/mol. The predicted octanol–water partition coefficient (Wildman–Crippen LogP) is 6.52. The maximum Gasteiger partial charge on any atom is 0.290 e. The third-order valence-electron chi connectivity index (χ3n) is 4.87. The number of non-ortho nitro benzene ring substituents is 1. The fourth-order valence-corrected chi connectivity index (χ4v) is 8.59. The number of nitro groups is 1. The predicted molar refractivity (Wildman–Crippen MR) is 138 cm³/mol. The van der Waals surface area contributed by atoms with Crippen molar-refractivity contribution < 1.29 is 17.7 Å². The highest BCUT2D eigenvalue weighted by Crippen LogP contribution is 2.33. The molecule has 0 aliphatic heterocycles. The van der Waals surface area contributed by atoms with Crippen LogP contribution in [0.25, 0.3) is 0 Å². The first kappa shape index (κ1) is 28.9. The van der Waals surface area contributed by atoms with E-state index in [9.17, 15) is 22.9 Å². The molecule has 1 unspecified atom stereocenters. The summed E-state index contributed by atoms with van der Waals surface area (Å²) in [5.74, 6) is -0.456. The van der Waals surface area contributed by atoms with Gasteiger partial charge in [-0.15, -0.1) is 3.77 Å². The Balaban J connectivity index is 2.88. The molecule has 35 heavy (non-hydrogen) atoms. The van der Waals surface area contributed by atoms with E-state index in [1.807, 2.05) is 20.8 Å². The molecule has 11 heteroatoms. The largest absolute Gasteiger partial charge is 0.290 e. The van der Waals surface area contributed by atoms with Gasteiger partial charge in [0.25, 0.3) is 15.7 Å². The molecule has 2 aromatic carbocycles. The molecule has 0 aromatic heterocycles.